The largest absolute Gasteiger partial charge is 0.491 e. The van der Waals surface area contributed by atoms with Gasteiger partial charge in [0.25, 0.3) is 0 Å². The van der Waals surface area contributed by atoms with Crippen LogP contribution in [-0.2, 0) is 11.0 Å². The monoisotopic (exact) mass is 444 g/mol. The van der Waals surface area contributed by atoms with Gasteiger partial charge >= 0.3 is 6.18 Å². The summed E-state index contributed by atoms with van der Waals surface area (Å²) in [7, 11) is 0. The van der Waals surface area contributed by atoms with E-state index in [1.54, 1.807) is 0 Å². The first-order valence-corrected chi connectivity index (χ1v) is 9.62. The minimum Gasteiger partial charge on any atom is -0.491 e. The smallest absolute Gasteiger partial charge is 0.416 e. The molecule has 0 spiro atoms. The van der Waals surface area contributed by atoms with E-state index in [-0.39, 0.29) is 23.0 Å². The van der Waals surface area contributed by atoms with Gasteiger partial charge in [-0.2, -0.15) is 13.2 Å². The molecule has 30 heavy (non-hydrogen) atoms. The average Bonchev–Trinajstić information content (AvgIpc) is 2.70. The number of halogens is 4. The van der Waals surface area contributed by atoms with Gasteiger partial charge in [-0.1, -0.05) is 18.5 Å². The van der Waals surface area contributed by atoms with Crippen molar-refractivity contribution in [3.63, 3.8) is 0 Å². The predicted molar refractivity (Wildman–Crippen MR) is 107 cm³/mol. The molecule has 0 saturated heterocycles. The van der Waals surface area contributed by atoms with Crippen LogP contribution in [0.5, 0.6) is 17.2 Å². The van der Waals surface area contributed by atoms with Crippen molar-refractivity contribution in [2.45, 2.75) is 19.5 Å². The van der Waals surface area contributed by atoms with Crippen LogP contribution in [0.15, 0.2) is 30.3 Å². The average molecular weight is 445 g/mol. The second-order valence-electron chi connectivity index (χ2n) is 6.43. The van der Waals surface area contributed by atoms with E-state index < -0.39 is 17.6 Å². The highest BCUT2D eigenvalue weighted by Crippen LogP contribution is 2.38. The van der Waals surface area contributed by atoms with Gasteiger partial charge in [0, 0.05) is 12.1 Å². The Labute approximate surface area is 176 Å². The number of rotatable bonds is 7. The lowest BCUT2D eigenvalue weighted by Crippen LogP contribution is -2.23. The van der Waals surface area contributed by atoms with Gasteiger partial charge in [-0.3, -0.25) is 4.79 Å². The van der Waals surface area contributed by atoms with E-state index in [1.165, 1.54) is 18.2 Å². The van der Waals surface area contributed by atoms with Crippen molar-refractivity contribution >= 4 is 28.9 Å². The Balaban J connectivity index is 1.70. The number of hydrogen-bond donors (Lipinski definition) is 2. The van der Waals surface area contributed by atoms with Crippen LogP contribution >= 0.6 is 11.6 Å². The summed E-state index contributed by atoms with van der Waals surface area (Å²) in [6, 6.07) is 6.15. The Morgan fingerprint density at radius 1 is 1.13 bits per heavy atom. The minimum atomic E-state index is -4.51. The molecule has 0 fully saturated rings. The van der Waals surface area contributed by atoms with Crippen LogP contribution in [0.2, 0.25) is 5.02 Å². The summed E-state index contributed by atoms with van der Waals surface area (Å²) < 4.78 is 55.4. The molecule has 1 aliphatic heterocycles. The SMILES string of the molecule is CCCOc1ccc(C(F)(F)F)cc1NCC(=O)Nc1cc2c(cc1Cl)OCCO2. The Bertz CT molecular complexity index is 922. The molecular weight excluding hydrogens is 425 g/mol. The summed E-state index contributed by atoms with van der Waals surface area (Å²) in [6.45, 7) is 2.69. The second kappa shape index (κ2) is 9.34. The standard InChI is InChI=1S/C20H20ClF3N2O4/c1-2-5-28-16-4-3-12(20(22,23)24)8-15(16)25-11-19(27)26-14-10-18-17(9-13(14)21)29-6-7-30-18/h3-4,8-10,25H,2,5-7,11H2,1H3,(H,26,27). The zero-order valence-corrected chi connectivity index (χ0v) is 16.8. The van der Waals surface area contributed by atoms with Gasteiger partial charge in [0.05, 0.1) is 35.1 Å². The van der Waals surface area contributed by atoms with Crippen molar-refractivity contribution in [3.05, 3.63) is 40.9 Å². The molecule has 6 nitrogen and oxygen atoms in total. The molecule has 10 heteroatoms. The van der Waals surface area contributed by atoms with E-state index in [4.69, 9.17) is 25.8 Å². The molecule has 0 aromatic heterocycles. The van der Waals surface area contributed by atoms with E-state index in [9.17, 15) is 18.0 Å². The van der Waals surface area contributed by atoms with Crippen LogP contribution in [0.1, 0.15) is 18.9 Å². The quantitative estimate of drug-likeness (QED) is 0.631. The van der Waals surface area contributed by atoms with E-state index in [0.717, 1.165) is 12.1 Å². The fourth-order valence-corrected chi connectivity index (χ4v) is 2.91. The number of amides is 1. The normalized spacial score (nSPS) is 13.0. The molecule has 1 heterocycles. The fourth-order valence-electron chi connectivity index (χ4n) is 2.71. The first kappa shape index (κ1) is 21.9. The van der Waals surface area contributed by atoms with E-state index in [0.29, 0.717) is 43.4 Å². The highest BCUT2D eigenvalue weighted by Gasteiger charge is 2.31. The van der Waals surface area contributed by atoms with Crippen molar-refractivity contribution in [3.8, 4) is 17.2 Å². The second-order valence-corrected chi connectivity index (χ2v) is 6.84. The number of anilines is 2. The highest BCUT2D eigenvalue weighted by molar-refractivity contribution is 6.34. The van der Waals surface area contributed by atoms with Crippen LogP contribution in [0.4, 0.5) is 24.5 Å². The van der Waals surface area contributed by atoms with E-state index in [2.05, 4.69) is 10.6 Å². The maximum atomic E-state index is 13.0. The lowest BCUT2D eigenvalue weighted by atomic mass is 10.1. The number of carbonyl (C=O) groups is 1. The molecule has 162 valence electrons. The molecule has 2 aromatic carbocycles. The number of carbonyl (C=O) groups excluding carboxylic acids is 1. The molecule has 0 radical (unpaired) electrons. The van der Waals surface area contributed by atoms with Crippen LogP contribution in [0.25, 0.3) is 0 Å². The maximum absolute atomic E-state index is 13.0. The van der Waals surface area contributed by atoms with Gasteiger partial charge < -0.3 is 24.8 Å². The summed E-state index contributed by atoms with van der Waals surface area (Å²) >= 11 is 6.16. The van der Waals surface area contributed by atoms with Crippen molar-refractivity contribution < 1.29 is 32.2 Å². The van der Waals surface area contributed by atoms with Gasteiger partial charge in [-0.05, 0) is 24.6 Å². The topological polar surface area (TPSA) is 68.8 Å². The maximum Gasteiger partial charge on any atom is 0.416 e. The van der Waals surface area contributed by atoms with Gasteiger partial charge in [0.2, 0.25) is 5.91 Å². The zero-order valence-electron chi connectivity index (χ0n) is 16.1. The number of benzene rings is 2. The van der Waals surface area contributed by atoms with E-state index in [1.807, 2.05) is 6.92 Å². The molecule has 3 rings (SSSR count). The van der Waals surface area contributed by atoms with Crippen molar-refractivity contribution in [1.29, 1.82) is 0 Å². The number of fused-ring (bicyclic) bond motifs is 1. The number of hydrogen-bond acceptors (Lipinski definition) is 5. The third-order valence-corrected chi connectivity index (χ3v) is 4.43. The summed E-state index contributed by atoms with van der Waals surface area (Å²) in [5.74, 6) is 0.647. The van der Waals surface area contributed by atoms with Crippen molar-refractivity contribution in [1.82, 2.24) is 0 Å². The van der Waals surface area contributed by atoms with Crippen LogP contribution < -0.4 is 24.8 Å². The lowest BCUT2D eigenvalue weighted by molar-refractivity contribution is -0.137. The molecule has 0 saturated carbocycles. The molecule has 0 unspecified atom stereocenters. The first-order valence-electron chi connectivity index (χ1n) is 9.25. The third kappa shape index (κ3) is 5.41. The van der Waals surface area contributed by atoms with Crippen LogP contribution in [0.3, 0.4) is 0 Å². The van der Waals surface area contributed by atoms with Gasteiger partial charge in [0.1, 0.15) is 19.0 Å². The summed E-state index contributed by atoms with van der Waals surface area (Å²) in [5.41, 5.74) is -0.468. The Morgan fingerprint density at radius 2 is 1.83 bits per heavy atom. The van der Waals surface area contributed by atoms with Crippen LogP contribution in [-0.4, -0.2) is 32.3 Å². The first-order chi connectivity index (χ1) is 14.3. The van der Waals surface area contributed by atoms with Crippen molar-refractivity contribution in [2.75, 3.05) is 37.0 Å². The molecule has 0 atom stereocenters. The van der Waals surface area contributed by atoms with Crippen LogP contribution in [0, 0.1) is 0 Å². The van der Waals surface area contributed by atoms with Gasteiger partial charge in [0.15, 0.2) is 11.5 Å². The Morgan fingerprint density at radius 3 is 2.50 bits per heavy atom. The highest BCUT2D eigenvalue weighted by atomic mass is 35.5. The summed E-state index contributed by atoms with van der Waals surface area (Å²) in [5, 5.41) is 5.56. The fraction of sp³-hybridized carbons (Fsp3) is 0.350. The summed E-state index contributed by atoms with van der Waals surface area (Å²) in [6.07, 6.45) is -3.83. The molecule has 2 aromatic rings. The van der Waals surface area contributed by atoms with Gasteiger partial charge in [-0.25, -0.2) is 0 Å². The Kier molecular flexibility index (Phi) is 6.81. The number of nitrogens with one attached hydrogen (secondary N) is 2. The number of alkyl halides is 3. The van der Waals surface area contributed by atoms with Gasteiger partial charge in [-0.15, -0.1) is 0 Å². The molecule has 1 amide bonds. The predicted octanol–water partition coefficient (Wildman–Crippen LogP) is 4.97. The zero-order chi connectivity index (χ0) is 21.7. The molecular formula is C20H20ClF3N2O4. The molecule has 0 aliphatic carbocycles. The summed E-state index contributed by atoms with van der Waals surface area (Å²) in [4.78, 5) is 12.3. The van der Waals surface area contributed by atoms with Crippen molar-refractivity contribution in [2.24, 2.45) is 0 Å². The Hall–Kier alpha value is -2.81. The molecule has 1 aliphatic rings. The van der Waals surface area contributed by atoms with E-state index >= 15 is 0 Å². The minimum absolute atomic E-state index is 0.0710. The molecule has 2 N–H and O–H groups in total. The third-order valence-electron chi connectivity index (χ3n) is 4.11. The number of ether oxygens (including phenoxy) is 3. The lowest BCUT2D eigenvalue weighted by Gasteiger charge is -2.20. The molecule has 0 bridgehead atoms.